The highest BCUT2D eigenvalue weighted by Gasteiger charge is 2.21. The quantitative estimate of drug-likeness (QED) is 0.0545. The fraction of sp³-hybridized carbons (Fsp3) is 0.886. The van der Waals surface area contributed by atoms with E-state index in [1.54, 1.807) is 24.6 Å². The minimum absolute atomic E-state index is 0.0360. The minimum Gasteiger partial charge on any atom is -0.381 e. The fourth-order valence-corrected chi connectivity index (χ4v) is 9.43. The third-order valence-electron chi connectivity index (χ3n) is 5.94. The van der Waals surface area contributed by atoms with E-state index in [1.165, 1.54) is 6.42 Å². The summed E-state index contributed by atoms with van der Waals surface area (Å²) in [5.41, 5.74) is 0. The first-order valence-corrected chi connectivity index (χ1v) is 24.6. The van der Waals surface area contributed by atoms with E-state index >= 15 is 0 Å². The second kappa shape index (κ2) is 33.9. The van der Waals surface area contributed by atoms with Crippen LogP contribution in [0.15, 0.2) is 0 Å². The molecular formula is C35H71N3O5S6. The van der Waals surface area contributed by atoms with E-state index in [0.29, 0.717) is 39.0 Å². The molecule has 49 heavy (non-hydrogen) atoms. The van der Waals surface area contributed by atoms with Crippen LogP contribution in [-0.4, -0.2) is 87.9 Å². The van der Waals surface area contributed by atoms with Crippen LogP contribution in [0.5, 0.6) is 0 Å². The molecule has 3 N–H and O–H groups in total. The van der Waals surface area contributed by atoms with Crippen LogP contribution in [0.25, 0.3) is 0 Å². The van der Waals surface area contributed by atoms with Crippen LogP contribution in [0, 0.1) is 0 Å². The maximum Gasteiger partial charge on any atom is 0.222 e. The normalized spacial score (nSPS) is 11.4. The van der Waals surface area contributed by atoms with Crippen molar-refractivity contribution in [1.29, 1.82) is 0 Å². The summed E-state index contributed by atoms with van der Waals surface area (Å²) in [6.45, 7) is 27.8. The highest BCUT2D eigenvalue weighted by atomic mass is 33.1. The summed E-state index contributed by atoms with van der Waals surface area (Å²) >= 11 is 0. The molecule has 292 valence electrons. The van der Waals surface area contributed by atoms with E-state index < -0.39 is 0 Å². The predicted molar refractivity (Wildman–Crippen MR) is 228 cm³/mol. The molecule has 0 atom stereocenters. The van der Waals surface area contributed by atoms with Gasteiger partial charge in [0.05, 0.1) is 6.61 Å². The zero-order valence-electron chi connectivity index (χ0n) is 32.8. The first kappa shape index (κ1) is 53.5. The maximum atomic E-state index is 11.7. The average Bonchev–Trinajstić information content (AvgIpc) is 3.03. The monoisotopic (exact) mass is 805 g/mol. The van der Waals surface area contributed by atoms with E-state index in [4.69, 9.17) is 4.74 Å². The number of carbonyl (C=O) groups excluding carboxylic acids is 4. The molecule has 0 aliphatic carbocycles. The van der Waals surface area contributed by atoms with E-state index in [1.807, 2.05) is 54.0 Å². The number of ketones is 1. The zero-order valence-corrected chi connectivity index (χ0v) is 37.7. The third kappa shape index (κ3) is 44.2. The van der Waals surface area contributed by atoms with Crippen molar-refractivity contribution in [1.82, 2.24) is 16.0 Å². The number of hydrogen-bond acceptors (Lipinski definition) is 11. The van der Waals surface area contributed by atoms with Crippen LogP contribution in [0.1, 0.15) is 134 Å². The van der Waals surface area contributed by atoms with Crippen molar-refractivity contribution >= 4 is 88.3 Å². The highest BCUT2D eigenvalue weighted by Crippen LogP contribution is 2.36. The SMILES string of the molecule is CCCCCC(=O)NCC(C)(C)SSCC.CCSSC(C)(C)CNC(=O)CCOCCCCC(C)=O.CCSSC(C)(C)CNC(C)=O. The Balaban J connectivity index is -0.000000674. The molecule has 0 aromatic carbocycles. The molecule has 3 amide bonds. The second-order valence-electron chi connectivity index (χ2n) is 13.2. The van der Waals surface area contributed by atoms with E-state index in [-0.39, 0.29) is 37.7 Å². The molecule has 0 aromatic heterocycles. The van der Waals surface area contributed by atoms with Gasteiger partial charge in [-0.25, -0.2) is 0 Å². The van der Waals surface area contributed by atoms with Crippen molar-refractivity contribution in [2.24, 2.45) is 0 Å². The number of nitrogens with one attached hydrogen (secondary N) is 3. The van der Waals surface area contributed by atoms with Gasteiger partial charge in [-0.05, 0) is 67.7 Å². The Hall–Kier alpha value is 0.140. The van der Waals surface area contributed by atoms with E-state index in [2.05, 4.69) is 85.2 Å². The van der Waals surface area contributed by atoms with Crippen LogP contribution in [-0.2, 0) is 23.9 Å². The molecule has 0 aliphatic heterocycles. The van der Waals surface area contributed by atoms with Gasteiger partial charge in [0.1, 0.15) is 5.78 Å². The Bertz CT molecular complexity index is 864. The van der Waals surface area contributed by atoms with Gasteiger partial charge in [-0.2, -0.15) is 0 Å². The van der Waals surface area contributed by atoms with Crippen LogP contribution >= 0.6 is 64.8 Å². The molecule has 0 radical (unpaired) electrons. The van der Waals surface area contributed by atoms with E-state index in [0.717, 1.165) is 56.0 Å². The van der Waals surface area contributed by atoms with Gasteiger partial charge >= 0.3 is 0 Å². The summed E-state index contributed by atoms with van der Waals surface area (Å²) in [5.74, 6) is 3.78. The summed E-state index contributed by atoms with van der Waals surface area (Å²) in [6, 6.07) is 0. The van der Waals surface area contributed by atoms with Crippen LogP contribution < -0.4 is 16.0 Å². The molecular weight excluding hydrogens is 735 g/mol. The summed E-state index contributed by atoms with van der Waals surface area (Å²) in [7, 11) is 11.0. The van der Waals surface area contributed by atoms with Crippen LogP contribution in [0.2, 0.25) is 0 Å². The van der Waals surface area contributed by atoms with Gasteiger partial charge in [0, 0.05) is 83.9 Å². The van der Waals surface area contributed by atoms with Crippen LogP contribution in [0.4, 0.5) is 0 Å². The van der Waals surface area contributed by atoms with Crippen molar-refractivity contribution in [3.63, 3.8) is 0 Å². The number of ether oxygens (including phenoxy) is 1. The second-order valence-corrected chi connectivity index (χ2v) is 23.1. The summed E-state index contributed by atoms with van der Waals surface area (Å²) in [5, 5.41) is 8.79. The molecule has 0 spiro atoms. The van der Waals surface area contributed by atoms with Gasteiger partial charge in [0.2, 0.25) is 17.7 Å². The van der Waals surface area contributed by atoms with Crippen molar-refractivity contribution in [3.05, 3.63) is 0 Å². The molecule has 0 fully saturated rings. The molecule has 0 saturated heterocycles. The van der Waals surface area contributed by atoms with Gasteiger partial charge in [0.25, 0.3) is 0 Å². The first-order chi connectivity index (χ1) is 22.9. The first-order valence-electron chi connectivity index (χ1n) is 17.6. The Labute approximate surface area is 325 Å². The number of amides is 3. The lowest BCUT2D eigenvalue weighted by Gasteiger charge is -2.23. The van der Waals surface area contributed by atoms with Gasteiger partial charge in [0.15, 0.2) is 0 Å². The van der Waals surface area contributed by atoms with Gasteiger partial charge < -0.3 is 25.5 Å². The average molecular weight is 806 g/mol. The Morgan fingerprint density at radius 3 is 1.33 bits per heavy atom. The maximum absolute atomic E-state index is 11.7. The molecule has 0 aromatic rings. The predicted octanol–water partition coefficient (Wildman–Crippen LogP) is 9.61. The lowest BCUT2D eigenvalue weighted by atomic mass is 10.2. The van der Waals surface area contributed by atoms with Gasteiger partial charge in [-0.15, -0.1) is 0 Å². The van der Waals surface area contributed by atoms with Crippen molar-refractivity contribution in [2.75, 3.05) is 50.1 Å². The number of Topliss-reactive ketones (excluding diaryl/α,β-unsaturated/α-hetero) is 1. The van der Waals surface area contributed by atoms with E-state index in [9.17, 15) is 19.2 Å². The van der Waals surface area contributed by atoms with Crippen molar-refractivity contribution < 1.29 is 23.9 Å². The number of hydrogen-bond donors (Lipinski definition) is 3. The molecule has 0 rings (SSSR count). The molecule has 8 nitrogen and oxygen atoms in total. The molecule has 0 saturated carbocycles. The standard InChI is InChI=1S/C15H29NO3S2.C12H25NOS2.C8H17NOS2/c1-5-20-21-15(3,4)12-16-14(18)9-11-19-10-7-6-8-13(2)17;1-5-7-8-9-11(14)13-10-12(3,4)16-15-6-2;1-5-11-12-8(3,4)6-9-7(2)10/h5-12H2,1-4H3,(H,16,18);5-10H2,1-4H3,(H,13,14);5-6H2,1-4H3,(H,9,10). The minimum atomic E-state index is 0.0360. The largest absolute Gasteiger partial charge is 0.381 e. The summed E-state index contributed by atoms with van der Waals surface area (Å²) in [6.07, 6.45) is 6.76. The Morgan fingerprint density at radius 2 is 0.939 bits per heavy atom. The molecule has 0 bridgehead atoms. The summed E-state index contributed by atoms with van der Waals surface area (Å²) < 4.78 is 5.70. The fourth-order valence-electron chi connectivity index (χ4n) is 3.26. The number of rotatable bonds is 27. The molecule has 0 heterocycles. The molecule has 14 heteroatoms. The lowest BCUT2D eigenvalue weighted by molar-refractivity contribution is -0.122. The topological polar surface area (TPSA) is 114 Å². The zero-order chi connectivity index (χ0) is 38.2. The summed E-state index contributed by atoms with van der Waals surface area (Å²) in [4.78, 5) is 44.6. The Morgan fingerprint density at radius 1 is 0.531 bits per heavy atom. The smallest absolute Gasteiger partial charge is 0.222 e. The molecule has 0 unspecified atom stereocenters. The van der Waals surface area contributed by atoms with Crippen molar-refractivity contribution in [3.8, 4) is 0 Å². The lowest BCUT2D eigenvalue weighted by Crippen LogP contribution is -2.36. The highest BCUT2D eigenvalue weighted by molar-refractivity contribution is 8.77. The van der Waals surface area contributed by atoms with Gasteiger partial charge in [-0.3, -0.25) is 14.4 Å². The van der Waals surface area contributed by atoms with Crippen LogP contribution in [0.3, 0.4) is 0 Å². The van der Waals surface area contributed by atoms with Gasteiger partial charge in [-0.1, -0.05) is 105 Å². The Kier molecular flexibility index (Phi) is 37.1. The number of carbonyl (C=O) groups is 4. The number of unbranched alkanes of at least 4 members (excludes halogenated alkanes) is 3. The third-order valence-corrected chi connectivity index (χ3v) is 16.0. The van der Waals surface area contributed by atoms with Crippen molar-refractivity contribution in [2.45, 2.75) is 149 Å². The molecule has 0 aliphatic rings.